The van der Waals surface area contributed by atoms with Gasteiger partial charge in [0.15, 0.2) is 0 Å². The van der Waals surface area contributed by atoms with Gasteiger partial charge in [0.05, 0.1) is 12.3 Å². The predicted molar refractivity (Wildman–Crippen MR) is 48.8 cm³/mol. The Morgan fingerprint density at radius 2 is 2.23 bits per heavy atom. The number of nitrogens with zero attached hydrogens (tertiary/aromatic N) is 1. The Balaban J connectivity index is 2.75. The van der Waals surface area contributed by atoms with E-state index in [4.69, 9.17) is 15.9 Å². The molecule has 0 saturated heterocycles. The highest BCUT2D eigenvalue weighted by Gasteiger charge is 2.06. The highest BCUT2D eigenvalue weighted by Crippen LogP contribution is 2.11. The first-order valence-electron chi connectivity index (χ1n) is 4.20. The molecule has 0 fully saturated rings. The van der Waals surface area contributed by atoms with E-state index >= 15 is 0 Å². The molecule has 0 spiro atoms. The summed E-state index contributed by atoms with van der Waals surface area (Å²) in [6, 6.07) is 3.23. The van der Waals surface area contributed by atoms with Gasteiger partial charge in [-0.3, -0.25) is 4.98 Å². The van der Waals surface area contributed by atoms with E-state index < -0.39 is 0 Å². The molecular weight excluding hydrogens is 168 g/mol. The molecule has 0 unspecified atom stereocenters. The fourth-order valence-electron chi connectivity index (χ4n) is 1.08. The van der Waals surface area contributed by atoms with Crippen molar-refractivity contribution in [3.63, 3.8) is 0 Å². The molecule has 0 bridgehead atoms. The van der Waals surface area contributed by atoms with Gasteiger partial charge in [-0.25, -0.2) is 0 Å². The van der Waals surface area contributed by atoms with Crippen molar-refractivity contribution in [3.05, 3.63) is 29.6 Å². The summed E-state index contributed by atoms with van der Waals surface area (Å²) >= 11 is 0. The summed E-state index contributed by atoms with van der Waals surface area (Å²) in [6.07, 6.45) is 2.10. The summed E-state index contributed by atoms with van der Waals surface area (Å²) in [7, 11) is 0. The largest absolute Gasteiger partial charge is 0.396 e. The first-order chi connectivity index (χ1) is 6.27. The standard InChI is InChI=1S/C9H14N2O2/c10-8(2-4-12)9-5-7(6-13)1-3-11-9/h1,3,5,8,12-13H,2,4,6,10H2/t8-/m0/s1. The molecule has 0 aromatic carbocycles. The lowest BCUT2D eigenvalue weighted by Gasteiger charge is -2.09. The summed E-state index contributed by atoms with van der Waals surface area (Å²) < 4.78 is 0. The lowest BCUT2D eigenvalue weighted by atomic mass is 10.1. The molecule has 0 saturated carbocycles. The highest BCUT2D eigenvalue weighted by atomic mass is 16.3. The second kappa shape index (κ2) is 4.91. The molecule has 1 aromatic heterocycles. The molecule has 1 atom stereocenters. The van der Waals surface area contributed by atoms with Gasteiger partial charge < -0.3 is 15.9 Å². The number of hydrogen-bond acceptors (Lipinski definition) is 4. The average Bonchev–Trinajstić information content (AvgIpc) is 2.18. The highest BCUT2D eigenvalue weighted by molar-refractivity contribution is 5.17. The lowest BCUT2D eigenvalue weighted by Crippen LogP contribution is -2.13. The van der Waals surface area contributed by atoms with Gasteiger partial charge >= 0.3 is 0 Å². The molecule has 13 heavy (non-hydrogen) atoms. The zero-order valence-electron chi connectivity index (χ0n) is 7.35. The molecule has 1 heterocycles. The maximum atomic E-state index is 8.86. The van der Waals surface area contributed by atoms with Crippen LogP contribution >= 0.6 is 0 Å². The topological polar surface area (TPSA) is 79.4 Å². The first-order valence-corrected chi connectivity index (χ1v) is 4.20. The van der Waals surface area contributed by atoms with Crippen LogP contribution in [0.2, 0.25) is 0 Å². The van der Waals surface area contributed by atoms with Gasteiger partial charge in [-0.15, -0.1) is 0 Å². The van der Waals surface area contributed by atoms with E-state index in [1.54, 1.807) is 18.3 Å². The minimum absolute atomic E-state index is 0.0125. The van der Waals surface area contributed by atoms with E-state index in [-0.39, 0.29) is 19.3 Å². The van der Waals surface area contributed by atoms with Crippen LogP contribution in [0.1, 0.15) is 23.7 Å². The first kappa shape index (κ1) is 10.1. The number of aromatic nitrogens is 1. The van der Waals surface area contributed by atoms with Crippen LogP contribution in [0.15, 0.2) is 18.3 Å². The van der Waals surface area contributed by atoms with Gasteiger partial charge in [0.2, 0.25) is 0 Å². The number of rotatable bonds is 4. The zero-order chi connectivity index (χ0) is 9.68. The van der Waals surface area contributed by atoms with E-state index in [2.05, 4.69) is 4.98 Å². The predicted octanol–water partition coefficient (Wildman–Crippen LogP) is -0.0439. The minimum Gasteiger partial charge on any atom is -0.396 e. The summed E-state index contributed by atoms with van der Waals surface area (Å²) in [4.78, 5) is 4.06. The summed E-state index contributed by atoms with van der Waals surface area (Å²) in [5, 5.41) is 17.5. The fourth-order valence-corrected chi connectivity index (χ4v) is 1.08. The van der Waals surface area contributed by atoms with Gasteiger partial charge in [0.25, 0.3) is 0 Å². The maximum Gasteiger partial charge on any atom is 0.0683 e. The second-order valence-corrected chi connectivity index (χ2v) is 2.87. The minimum atomic E-state index is -0.253. The van der Waals surface area contributed by atoms with Gasteiger partial charge in [0.1, 0.15) is 0 Å². The van der Waals surface area contributed by atoms with Crippen LogP contribution in [-0.4, -0.2) is 21.8 Å². The van der Waals surface area contributed by atoms with Crippen molar-refractivity contribution >= 4 is 0 Å². The Morgan fingerprint density at radius 1 is 1.46 bits per heavy atom. The summed E-state index contributed by atoms with van der Waals surface area (Å²) in [5.41, 5.74) is 7.22. The normalized spacial score (nSPS) is 12.8. The van der Waals surface area contributed by atoms with Crippen molar-refractivity contribution in [1.29, 1.82) is 0 Å². The Bertz CT molecular complexity index is 266. The van der Waals surface area contributed by atoms with E-state index in [0.717, 1.165) is 5.56 Å². The van der Waals surface area contributed by atoms with Crippen molar-refractivity contribution in [2.75, 3.05) is 6.61 Å². The third-order valence-corrected chi connectivity index (χ3v) is 1.85. The van der Waals surface area contributed by atoms with Crippen molar-refractivity contribution in [2.45, 2.75) is 19.1 Å². The average molecular weight is 182 g/mol. The van der Waals surface area contributed by atoms with E-state index in [9.17, 15) is 0 Å². The zero-order valence-corrected chi connectivity index (χ0v) is 7.35. The molecule has 0 aliphatic heterocycles. The van der Waals surface area contributed by atoms with Crippen molar-refractivity contribution in [1.82, 2.24) is 4.98 Å². The maximum absolute atomic E-state index is 8.86. The van der Waals surface area contributed by atoms with Crippen molar-refractivity contribution < 1.29 is 10.2 Å². The SMILES string of the molecule is N[C@@H](CCO)c1cc(CO)ccn1. The van der Waals surface area contributed by atoms with Gasteiger partial charge in [-0.05, 0) is 24.1 Å². The molecule has 0 aliphatic carbocycles. The number of aliphatic hydroxyl groups is 2. The van der Waals surface area contributed by atoms with Crippen molar-refractivity contribution in [3.8, 4) is 0 Å². The molecular formula is C9H14N2O2. The quantitative estimate of drug-likeness (QED) is 0.610. The fraction of sp³-hybridized carbons (Fsp3) is 0.444. The van der Waals surface area contributed by atoms with Gasteiger partial charge in [0, 0.05) is 18.8 Å². The van der Waals surface area contributed by atoms with Crippen LogP contribution in [0.3, 0.4) is 0 Å². The van der Waals surface area contributed by atoms with Crippen LogP contribution in [0.5, 0.6) is 0 Å². The van der Waals surface area contributed by atoms with Crippen LogP contribution in [0.25, 0.3) is 0 Å². The molecule has 4 nitrogen and oxygen atoms in total. The lowest BCUT2D eigenvalue weighted by molar-refractivity contribution is 0.274. The number of nitrogens with two attached hydrogens (primary N) is 1. The Kier molecular flexibility index (Phi) is 3.82. The Hall–Kier alpha value is -0.970. The van der Waals surface area contributed by atoms with Crippen LogP contribution in [0.4, 0.5) is 0 Å². The Morgan fingerprint density at radius 3 is 2.85 bits per heavy atom. The van der Waals surface area contributed by atoms with Gasteiger partial charge in [-0.2, -0.15) is 0 Å². The van der Waals surface area contributed by atoms with E-state index in [1.807, 2.05) is 0 Å². The molecule has 4 heteroatoms. The smallest absolute Gasteiger partial charge is 0.0683 e. The molecule has 1 aromatic rings. The summed E-state index contributed by atoms with van der Waals surface area (Å²) in [5.74, 6) is 0. The number of hydrogen-bond donors (Lipinski definition) is 3. The van der Waals surface area contributed by atoms with Crippen LogP contribution < -0.4 is 5.73 Å². The Labute approximate surface area is 77.0 Å². The molecule has 4 N–H and O–H groups in total. The molecule has 1 rings (SSSR count). The van der Waals surface area contributed by atoms with Crippen LogP contribution in [0, 0.1) is 0 Å². The monoisotopic (exact) mass is 182 g/mol. The second-order valence-electron chi connectivity index (χ2n) is 2.87. The molecule has 72 valence electrons. The molecule has 0 radical (unpaired) electrons. The molecule has 0 amide bonds. The summed E-state index contributed by atoms with van der Waals surface area (Å²) in [6.45, 7) is 0.0353. The third kappa shape index (κ3) is 2.77. The van der Waals surface area contributed by atoms with E-state index in [0.29, 0.717) is 12.1 Å². The van der Waals surface area contributed by atoms with E-state index in [1.165, 1.54) is 0 Å². The number of pyridine rings is 1. The van der Waals surface area contributed by atoms with Gasteiger partial charge in [-0.1, -0.05) is 0 Å². The molecule has 0 aliphatic rings. The van der Waals surface area contributed by atoms with Crippen molar-refractivity contribution in [2.24, 2.45) is 5.73 Å². The number of aliphatic hydroxyl groups excluding tert-OH is 2. The third-order valence-electron chi connectivity index (χ3n) is 1.85. The van der Waals surface area contributed by atoms with Crippen LogP contribution in [-0.2, 0) is 6.61 Å².